The predicted molar refractivity (Wildman–Crippen MR) is 334 cm³/mol. The van der Waals surface area contributed by atoms with E-state index in [1.165, 1.54) is 167 Å². The Balaban J connectivity index is 4.19. The summed E-state index contributed by atoms with van der Waals surface area (Å²) in [6.45, 7) is 4.65. The molecule has 0 aromatic carbocycles. The highest BCUT2D eigenvalue weighted by Crippen LogP contribution is 2.17. The highest BCUT2D eigenvalue weighted by molar-refractivity contribution is 5.70. The number of carbonyl (C=O) groups excluding carboxylic acids is 3. The monoisotopic (exact) mass is 1110 g/mol. The van der Waals surface area contributed by atoms with Crippen molar-refractivity contribution in [1.82, 2.24) is 0 Å². The molecule has 0 rings (SSSR count). The van der Waals surface area contributed by atoms with Crippen molar-refractivity contribution in [3.8, 4) is 0 Å². The van der Waals surface area contributed by atoms with Crippen LogP contribution in [0.4, 0.5) is 0 Å². The summed E-state index contributed by atoms with van der Waals surface area (Å²) in [6.07, 6.45) is 77.9. The van der Waals surface area contributed by atoms with E-state index in [9.17, 15) is 19.5 Å². The first-order valence-electron chi connectivity index (χ1n) is 32.7. The SMILES string of the molecule is CC/C=C\C/C=C\C/C=C\C/C=C\C/C=C\C/C=C\CCCCCCCCCCC(=O)OC(COC(=O)CCCCCCCCCCCCCCCCC/C=C\CCCCCCCCCC)COC(OCC[N+](C)(C)C)C(=O)[O-]. The third-order valence-electron chi connectivity index (χ3n) is 14.1. The van der Waals surface area contributed by atoms with Crippen molar-refractivity contribution >= 4 is 17.9 Å². The second-order valence-electron chi connectivity index (χ2n) is 23.0. The van der Waals surface area contributed by atoms with Gasteiger partial charge in [-0.3, -0.25) is 9.59 Å². The fourth-order valence-electron chi connectivity index (χ4n) is 9.12. The average molecular weight is 1110 g/mol. The lowest BCUT2D eigenvalue weighted by molar-refractivity contribution is -0.870. The van der Waals surface area contributed by atoms with Gasteiger partial charge in [-0.15, -0.1) is 0 Å². The fraction of sp³-hybridized carbons (Fsp3) is 0.757. The zero-order valence-corrected chi connectivity index (χ0v) is 52.0. The van der Waals surface area contributed by atoms with E-state index in [4.69, 9.17) is 18.9 Å². The summed E-state index contributed by atoms with van der Waals surface area (Å²) >= 11 is 0. The molecule has 9 heteroatoms. The zero-order valence-electron chi connectivity index (χ0n) is 52.0. The third kappa shape index (κ3) is 61.9. The van der Waals surface area contributed by atoms with Gasteiger partial charge in [-0.25, -0.2) is 0 Å². The number of esters is 2. The van der Waals surface area contributed by atoms with E-state index in [1.807, 2.05) is 21.1 Å². The van der Waals surface area contributed by atoms with E-state index < -0.39 is 24.3 Å². The lowest BCUT2D eigenvalue weighted by atomic mass is 10.0. The quantitative estimate of drug-likeness (QED) is 0.0195. The number of hydrogen-bond acceptors (Lipinski definition) is 8. The Morgan fingerprint density at radius 1 is 0.392 bits per heavy atom. The van der Waals surface area contributed by atoms with Crippen LogP contribution < -0.4 is 5.11 Å². The van der Waals surface area contributed by atoms with Crippen molar-refractivity contribution in [2.45, 2.75) is 296 Å². The van der Waals surface area contributed by atoms with Crippen LogP contribution in [0.2, 0.25) is 0 Å². The van der Waals surface area contributed by atoms with Gasteiger partial charge in [0.2, 0.25) is 0 Å². The summed E-state index contributed by atoms with van der Waals surface area (Å²) in [5.74, 6) is -2.29. The summed E-state index contributed by atoms with van der Waals surface area (Å²) in [7, 11) is 5.92. The average Bonchev–Trinajstić information content (AvgIpc) is 3.42. The Hall–Kier alpha value is -3.53. The van der Waals surface area contributed by atoms with E-state index in [-0.39, 0.29) is 38.6 Å². The Morgan fingerprint density at radius 3 is 1.09 bits per heavy atom. The lowest BCUT2D eigenvalue weighted by Gasteiger charge is -2.26. The molecule has 0 fully saturated rings. The Kier molecular flexibility index (Phi) is 57.9. The Bertz CT molecular complexity index is 1570. The number of nitrogens with zero attached hydrogens (tertiary/aromatic N) is 1. The van der Waals surface area contributed by atoms with Crippen molar-refractivity contribution in [2.75, 3.05) is 47.5 Å². The number of rotatable bonds is 60. The molecule has 0 aliphatic heterocycles. The smallest absolute Gasteiger partial charge is 0.306 e. The number of unbranched alkanes of at least 4 members (excludes halogenated alkanes) is 31. The van der Waals surface area contributed by atoms with Crippen molar-refractivity contribution < 1.29 is 42.9 Å². The largest absolute Gasteiger partial charge is 0.545 e. The van der Waals surface area contributed by atoms with Crippen molar-refractivity contribution in [3.63, 3.8) is 0 Å². The molecule has 456 valence electrons. The van der Waals surface area contributed by atoms with E-state index in [0.29, 0.717) is 17.4 Å². The number of hydrogen-bond donors (Lipinski definition) is 0. The first-order valence-corrected chi connectivity index (χ1v) is 32.7. The number of carboxylic acid groups (broad SMARTS) is 1. The van der Waals surface area contributed by atoms with Gasteiger partial charge in [0, 0.05) is 12.8 Å². The molecule has 0 bridgehead atoms. The molecule has 0 aliphatic carbocycles. The standard InChI is InChI=1S/C70H123NO8/c1-6-8-10-12-14-16-18-20-22-24-26-28-30-32-34-36-38-40-42-44-46-48-50-52-54-56-58-60-67(72)77-64-66(65-78-70(69(74)75)76-63-62-71(3,4)5)79-68(73)61-59-57-55-53-51-49-47-45-43-41-39-37-35-33-31-29-27-25-23-21-19-17-15-13-11-9-7-2/h9,11,15,17,21,23-24,26-27,29,33,35,39,41,66,70H,6-8,10,12-14,16,18-20,22,25,28,30-32,34,36-38,40,42-65H2,1-5H3/b11-9-,17-15-,23-21-,26-24-,29-27-,35-33-,41-39-. The van der Waals surface area contributed by atoms with Gasteiger partial charge in [0.1, 0.15) is 13.2 Å². The minimum Gasteiger partial charge on any atom is -0.545 e. The number of carbonyl (C=O) groups is 3. The van der Waals surface area contributed by atoms with Crippen LogP contribution >= 0.6 is 0 Å². The molecule has 0 radical (unpaired) electrons. The normalized spacial score (nSPS) is 13.3. The fourth-order valence-corrected chi connectivity index (χ4v) is 9.12. The zero-order chi connectivity index (χ0) is 57.6. The van der Waals surface area contributed by atoms with Crippen LogP contribution in [0.5, 0.6) is 0 Å². The van der Waals surface area contributed by atoms with Crippen LogP contribution in [0.1, 0.15) is 284 Å². The molecule has 79 heavy (non-hydrogen) atoms. The maximum atomic E-state index is 12.9. The van der Waals surface area contributed by atoms with E-state index >= 15 is 0 Å². The second kappa shape index (κ2) is 60.6. The summed E-state index contributed by atoms with van der Waals surface area (Å²) in [5, 5.41) is 11.8. The molecular weight excluding hydrogens is 983 g/mol. The van der Waals surface area contributed by atoms with Gasteiger partial charge in [0.15, 0.2) is 12.4 Å². The number of likely N-dealkylation sites (N-methyl/N-ethyl adjacent to an activating group) is 1. The van der Waals surface area contributed by atoms with Crippen LogP contribution in [0.3, 0.4) is 0 Å². The third-order valence-corrected chi connectivity index (χ3v) is 14.1. The lowest BCUT2D eigenvalue weighted by Crippen LogP contribution is -2.44. The van der Waals surface area contributed by atoms with Crippen LogP contribution in [0.15, 0.2) is 85.1 Å². The summed E-state index contributed by atoms with van der Waals surface area (Å²) in [6, 6.07) is 0. The number of aliphatic carboxylic acids is 1. The van der Waals surface area contributed by atoms with Crippen molar-refractivity contribution in [1.29, 1.82) is 0 Å². The van der Waals surface area contributed by atoms with Crippen molar-refractivity contribution in [2.24, 2.45) is 0 Å². The van der Waals surface area contributed by atoms with E-state index in [0.717, 1.165) is 83.5 Å². The van der Waals surface area contributed by atoms with Gasteiger partial charge in [0.25, 0.3) is 0 Å². The molecule has 2 atom stereocenters. The molecule has 0 saturated carbocycles. The van der Waals surface area contributed by atoms with Gasteiger partial charge in [-0.2, -0.15) is 0 Å². The van der Waals surface area contributed by atoms with Crippen LogP contribution in [0, 0.1) is 0 Å². The molecule has 9 nitrogen and oxygen atoms in total. The number of carboxylic acids is 1. The molecule has 2 unspecified atom stereocenters. The minimum absolute atomic E-state index is 0.143. The summed E-state index contributed by atoms with van der Waals surface area (Å²) in [4.78, 5) is 37.4. The molecule has 0 aliphatic rings. The number of ether oxygens (including phenoxy) is 4. The summed E-state index contributed by atoms with van der Waals surface area (Å²) in [5.41, 5.74) is 0. The number of allylic oxidation sites excluding steroid dienone is 14. The molecule has 0 aromatic heterocycles. The maximum absolute atomic E-state index is 12.9. The molecule has 0 heterocycles. The predicted octanol–water partition coefficient (Wildman–Crippen LogP) is 18.6. The highest BCUT2D eigenvalue weighted by atomic mass is 16.7. The van der Waals surface area contributed by atoms with Gasteiger partial charge >= 0.3 is 11.9 Å². The Labute approximate surface area is 487 Å². The van der Waals surface area contributed by atoms with Crippen LogP contribution in [-0.4, -0.2) is 82.3 Å². The van der Waals surface area contributed by atoms with Gasteiger partial charge < -0.3 is 33.3 Å². The highest BCUT2D eigenvalue weighted by Gasteiger charge is 2.22. The topological polar surface area (TPSA) is 111 Å². The molecule has 0 N–H and O–H groups in total. The van der Waals surface area contributed by atoms with E-state index in [1.54, 1.807) is 0 Å². The number of quaternary nitrogens is 1. The first-order chi connectivity index (χ1) is 38.6. The molecule has 0 spiro atoms. The van der Waals surface area contributed by atoms with E-state index in [2.05, 4.69) is 98.9 Å². The Morgan fingerprint density at radius 2 is 0.722 bits per heavy atom. The maximum Gasteiger partial charge on any atom is 0.306 e. The van der Waals surface area contributed by atoms with Gasteiger partial charge in [0.05, 0.1) is 40.3 Å². The minimum atomic E-state index is -1.63. The summed E-state index contributed by atoms with van der Waals surface area (Å²) < 4.78 is 22.8. The molecular formula is C70H123NO8. The molecule has 0 saturated heterocycles. The molecule has 0 amide bonds. The van der Waals surface area contributed by atoms with Crippen LogP contribution in [0.25, 0.3) is 0 Å². The van der Waals surface area contributed by atoms with Gasteiger partial charge in [-0.05, 0) is 89.9 Å². The first kappa shape index (κ1) is 75.5. The van der Waals surface area contributed by atoms with Gasteiger partial charge in [-0.1, -0.05) is 266 Å². The van der Waals surface area contributed by atoms with Crippen molar-refractivity contribution in [3.05, 3.63) is 85.1 Å². The molecule has 0 aromatic rings. The second-order valence-corrected chi connectivity index (χ2v) is 23.0. The van der Waals surface area contributed by atoms with Crippen LogP contribution in [-0.2, 0) is 33.3 Å².